The molecule has 0 aliphatic heterocycles. The Kier molecular flexibility index (Phi) is 4.88. The summed E-state index contributed by atoms with van der Waals surface area (Å²) in [6.07, 6.45) is 1.56. The molecule has 0 saturated heterocycles. The lowest BCUT2D eigenvalue weighted by atomic mass is 10.1. The van der Waals surface area contributed by atoms with Crippen molar-refractivity contribution in [2.24, 2.45) is 0 Å². The highest BCUT2D eigenvalue weighted by atomic mass is 16.5. The highest BCUT2D eigenvalue weighted by Crippen LogP contribution is 2.22. The average Bonchev–Trinajstić information content (AvgIpc) is 3.23. The fourth-order valence-corrected chi connectivity index (χ4v) is 2.42. The SMILES string of the molecule is Cc1ccc(C)c(OCc2c(C(=O)NCc3ccco3)noc2C)c1. The van der Waals surface area contributed by atoms with Gasteiger partial charge in [0.05, 0.1) is 18.4 Å². The van der Waals surface area contributed by atoms with Crippen LogP contribution in [0.3, 0.4) is 0 Å². The number of carbonyl (C=O) groups excluding carboxylic acids is 1. The van der Waals surface area contributed by atoms with Gasteiger partial charge in [0, 0.05) is 0 Å². The predicted molar refractivity (Wildman–Crippen MR) is 91.4 cm³/mol. The Hall–Kier alpha value is -3.02. The van der Waals surface area contributed by atoms with Gasteiger partial charge in [-0.05, 0) is 50.1 Å². The maximum Gasteiger partial charge on any atom is 0.274 e. The van der Waals surface area contributed by atoms with Gasteiger partial charge in [-0.2, -0.15) is 0 Å². The molecule has 0 unspecified atom stereocenters. The highest BCUT2D eigenvalue weighted by molar-refractivity contribution is 5.93. The third-order valence-corrected chi connectivity index (χ3v) is 3.92. The van der Waals surface area contributed by atoms with Crippen molar-refractivity contribution in [1.29, 1.82) is 0 Å². The van der Waals surface area contributed by atoms with E-state index in [1.807, 2.05) is 32.0 Å². The molecular formula is C19H20N2O4. The number of ether oxygens (including phenoxy) is 1. The van der Waals surface area contributed by atoms with Crippen LogP contribution >= 0.6 is 0 Å². The van der Waals surface area contributed by atoms with Gasteiger partial charge >= 0.3 is 0 Å². The summed E-state index contributed by atoms with van der Waals surface area (Å²) < 4.78 is 16.3. The third kappa shape index (κ3) is 3.91. The van der Waals surface area contributed by atoms with Crippen molar-refractivity contribution in [1.82, 2.24) is 10.5 Å². The number of benzene rings is 1. The van der Waals surface area contributed by atoms with Crippen molar-refractivity contribution < 1.29 is 18.5 Å². The molecule has 0 aliphatic carbocycles. The molecule has 2 heterocycles. The van der Waals surface area contributed by atoms with Gasteiger partial charge in [0.2, 0.25) is 0 Å². The van der Waals surface area contributed by atoms with Crippen LogP contribution in [0.2, 0.25) is 0 Å². The smallest absolute Gasteiger partial charge is 0.274 e. The number of nitrogens with one attached hydrogen (secondary N) is 1. The molecule has 2 aromatic heterocycles. The molecule has 130 valence electrons. The Balaban J connectivity index is 1.70. The Morgan fingerprint density at radius 3 is 2.84 bits per heavy atom. The molecule has 6 nitrogen and oxygen atoms in total. The van der Waals surface area contributed by atoms with Crippen molar-refractivity contribution in [3.05, 3.63) is 70.5 Å². The van der Waals surface area contributed by atoms with Crippen molar-refractivity contribution in [3.8, 4) is 5.75 Å². The van der Waals surface area contributed by atoms with Crippen molar-refractivity contribution in [2.45, 2.75) is 33.9 Å². The summed E-state index contributed by atoms with van der Waals surface area (Å²) >= 11 is 0. The van der Waals surface area contributed by atoms with Gasteiger partial charge in [0.1, 0.15) is 23.9 Å². The number of aromatic nitrogens is 1. The molecule has 25 heavy (non-hydrogen) atoms. The van der Waals surface area contributed by atoms with Crippen LogP contribution in [-0.2, 0) is 13.2 Å². The van der Waals surface area contributed by atoms with Crippen molar-refractivity contribution in [3.63, 3.8) is 0 Å². The molecular weight excluding hydrogens is 320 g/mol. The van der Waals surface area contributed by atoms with E-state index in [1.165, 1.54) is 0 Å². The first kappa shape index (κ1) is 16.8. The van der Waals surface area contributed by atoms with Crippen LogP contribution in [0.1, 0.15) is 38.7 Å². The summed E-state index contributed by atoms with van der Waals surface area (Å²) in [5, 5.41) is 6.63. The lowest BCUT2D eigenvalue weighted by Crippen LogP contribution is -2.24. The van der Waals surface area contributed by atoms with Crippen LogP contribution in [0, 0.1) is 20.8 Å². The predicted octanol–water partition coefficient (Wildman–Crippen LogP) is 3.70. The highest BCUT2D eigenvalue weighted by Gasteiger charge is 2.20. The van der Waals surface area contributed by atoms with E-state index in [2.05, 4.69) is 10.5 Å². The fourth-order valence-electron chi connectivity index (χ4n) is 2.42. The van der Waals surface area contributed by atoms with E-state index in [9.17, 15) is 4.79 Å². The number of aryl methyl sites for hydroxylation is 3. The standard InChI is InChI=1S/C19H20N2O4/c1-12-6-7-13(2)17(9-12)24-11-16-14(3)25-21-18(16)19(22)20-10-15-5-4-8-23-15/h4-9H,10-11H2,1-3H3,(H,20,22). The topological polar surface area (TPSA) is 77.5 Å². The summed E-state index contributed by atoms with van der Waals surface area (Å²) in [4.78, 5) is 12.4. The fraction of sp³-hybridized carbons (Fsp3) is 0.263. The Bertz CT molecular complexity index is 866. The number of amides is 1. The van der Waals surface area contributed by atoms with Crippen LogP contribution in [0.5, 0.6) is 5.75 Å². The molecule has 1 amide bonds. The van der Waals surface area contributed by atoms with Gasteiger partial charge in [-0.1, -0.05) is 17.3 Å². The molecule has 3 rings (SSSR count). The maximum absolute atomic E-state index is 12.4. The number of rotatable bonds is 6. The monoisotopic (exact) mass is 340 g/mol. The van der Waals surface area contributed by atoms with Gasteiger partial charge in [-0.25, -0.2) is 0 Å². The lowest BCUT2D eigenvalue weighted by Gasteiger charge is -2.10. The molecule has 0 radical (unpaired) electrons. The van der Waals surface area contributed by atoms with Crippen LogP contribution in [0.25, 0.3) is 0 Å². The quantitative estimate of drug-likeness (QED) is 0.740. The summed E-state index contributed by atoms with van der Waals surface area (Å²) in [6, 6.07) is 9.56. The Labute approximate surface area is 145 Å². The maximum atomic E-state index is 12.4. The first-order chi connectivity index (χ1) is 12.0. The molecule has 0 atom stereocenters. The minimum absolute atomic E-state index is 0.211. The van der Waals surface area contributed by atoms with E-state index in [0.717, 1.165) is 16.9 Å². The number of nitrogens with zero attached hydrogens (tertiary/aromatic N) is 1. The number of carbonyl (C=O) groups is 1. The van der Waals surface area contributed by atoms with Gasteiger partial charge in [0.25, 0.3) is 5.91 Å². The zero-order chi connectivity index (χ0) is 17.8. The molecule has 6 heteroatoms. The van der Waals surface area contributed by atoms with Crippen LogP contribution in [-0.4, -0.2) is 11.1 Å². The van der Waals surface area contributed by atoms with Gasteiger partial charge in [-0.15, -0.1) is 0 Å². The van der Waals surface area contributed by atoms with E-state index in [-0.39, 0.29) is 24.8 Å². The summed E-state index contributed by atoms with van der Waals surface area (Å²) in [5.41, 5.74) is 3.01. The van der Waals surface area contributed by atoms with Gasteiger partial charge in [-0.3, -0.25) is 4.79 Å². The molecule has 1 N–H and O–H groups in total. The van der Waals surface area contributed by atoms with E-state index >= 15 is 0 Å². The zero-order valence-electron chi connectivity index (χ0n) is 14.5. The first-order valence-corrected chi connectivity index (χ1v) is 8.00. The van der Waals surface area contributed by atoms with Crippen LogP contribution in [0.4, 0.5) is 0 Å². The summed E-state index contributed by atoms with van der Waals surface area (Å²) in [6.45, 7) is 6.24. The average molecular weight is 340 g/mol. The Morgan fingerprint density at radius 2 is 2.08 bits per heavy atom. The number of hydrogen-bond acceptors (Lipinski definition) is 5. The summed E-state index contributed by atoms with van der Waals surface area (Å²) in [7, 11) is 0. The number of hydrogen-bond donors (Lipinski definition) is 1. The first-order valence-electron chi connectivity index (χ1n) is 8.00. The zero-order valence-corrected chi connectivity index (χ0v) is 14.5. The second kappa shape index (κ2) is 7.25. The second-order valence-corrected chi connectivity index (χ2v) is 5.89. The largest absolute Gasteiger partial charge is 0.488 e. The Morgan fingerprint density at radius 1 is 1.24 bits per heavy atom. The third-order valence-electron chi connectivity index (χ3n) is 3.92. The number of furan rings is 1. The lowest BCUT2D eigenvalue weighted by molar-refractivity contribution is 0.0936. The molecule has 0 spiro atoms. The molecule has 0 saturated carbocycles. The summed E-state index contributed by atoms with van der Waals surface area (Å²) in [5.74, 6) is 1.69. The van der Waals surface area contributed by atoms with E-state index in [1.54, 1.807) is 25.3 Å². The van der Waals surface area contributed by atoms with E-state index in [0.29, 0.717) is 17.1 Å². The van der Waals surface area contributed by atoms with E-state index < -0.39 is 0 Å². The normalized spacial score (nSPS) is 10.7. The van der Waals surface area contributed by atoms with Crippen molar-refractivity contribution in [2.75, 3.05) is 0 Å². The van der Waals surface area contributed by atoms with Crippen LogP contribution < -0.4 is 10.1 Å². The van der Waals surface area contributed by atoms with Gasteiger partial charge < -0.3 is 19.0 Å². The molecule has 0 fully saturated rings. The molecule has 1 aromatic carbocycles. The minimum atomic E-state index is -0.326. The van der Waals surface area contributed by atoms with Crippen molar-refractivity contribution >= 4 is 5.91 Å². The second-order valence-electron chi connectivity index (χ2n) is 5.89. The van der Waals surface area contributed by atoms with Crippen LogP contribution in [0.15, 0.2) is 45.5 Å². The molecule has 0 aliphatic rings. The minimum Gasteiger partial charge on any atom is -0.488 e. The van der Waals surface area contributed by atoms with Gasteiger partial charge in [0.15, 0.2) is 5.69 Å². The van der Waals surface area contributed by atoms with E-state index in [4.69, 9.17) is 13.7 Å². The molecule has 3 aromatic rings. The molecule has 0 bridgehead atoms.